The van der Waals surface area contributed by atoms with Crippen molar-refractivity contribution in [1.29, 1.82) is 0 Å². The van der Waals surface area contributed by atoms with E-state index in [2.05, 4.69) is 24.2 Å². The van der Waals surface area contributed by atoms with Crippen LogP contribution in [0.5, 0.6) is 0 Å². The number of hydrogen-bond acceptors (Lipinski definition) is 3. The minimum Gasteiger partial charge on any atom is -0.362 e. The summed E-state index contributed by atoms with van der Waals surface area (Å²) in [6.45, 7) is 7.28. The molecule has 1 heterocycles. The summed E-state index contributed by atoms with van der Waals surface area (Å²) in [6, 6.07) is 0.453. The standard InChI is InChI=1S/C11H21N3OS/c1-5-14(4)10(15)7-12-11-13-8(2)6-9(3)16-11/h8-9H,5-7H2,1-4H3,(H,12,13). The smallest absolute Gasteiger partial charge is 0.244 e. The zero-order valence-corrected chi connectivity index (χ0v) is 11.3. The third-order valence-corrected chi connectivity index (χ3v) is 3.69. The van der Waals surface area contributed by atoms with Gasteiger partial charge in [0.25, 0.3) is 0 Å². The first-order valence-corrected chi connectivity index (χ1v) is 6.62. The lowest BCUT2D eigenvalue weighted by atomic mass is 10.2. The molecule has 0 aliphatic carbocycles. The van der Waals surface area contributed by atoms with Crippen molar-refractivity contribution in [3.8, 4) is 0 Å². The van der Waals surface area contributed by atoms with Gasteiger partial charge in [0.2, 0.25) is 5.91 Å². The van der Waals surface area contributed by atoms with E-state index in [9.17, 15) is 4.79 Å². The molecule has 0 aromatic carbocycles. The number of amides is 1. The van der Waals surface area contributed by atoms with Crippen LogP contribution in [-0.2, 0) is 4.79 Å². The van der Waals surface area contributed by atoms with Crippen LogP contribution in [-0.4, -0.2) is 47.4 Å². The van der Waals surface area contributed by atoms with Gasteiger partial charge in [-0.1, -0.05) is 18.7 Å². The second kappa shape index (κ2) is 6.13. The largest absolute Gasteiger partial charge is 0.362 e. The van der Waals surface area contributed by atoms with Crippen LogP contribution in [0.15, 0.2) is 4.99 Å². The van der Waals surface area contributed by atoms with E-state index in [1.807, 2.05) is 6.92 Å². The highest BCUT2D eigenvalue weighted by molar-refractivity contribution is 8.14. The predicted molar refractivity (Wildman–Crippen MR) is 69.9 cm³/mol. The van der Waals surface area contributed by atoms with Crippen LogP contribution in [0.3, 0.4) is 0 Å². The third kappa shape index (κ3) is 4.04. The molecule has 1 aliphatic rings. The molecule has 0 aromatic rings. The van der Waals surface area contributed by atoms with E-state index in [0.29, 0.717) is 11.3 Å². The van der Waals surface area contributed by atoms with Gasteiger partial charge in [0, 0.05) is 24.9 Å². The number of thioether (sulfide) groups is 1. The molecule has 1 rings (SSSR count). The average molecular weight is 243 g/mol. The first-order chi connectivity index (χ1) is 7.52. The number of nitrogens with one attached hydrogen (secondary N) is 1. The fourth-order valence-corrected chi connectivity index (χ4v) is 2.73. The Morgan fingerprint density at radius 3 is 2.88 bits per heavy atom. The van der Waals surface area contributed by atoms with Crippen molar-refractivity contribution in [3.05, 3.63) is 0 Å². The molecule has 0 saturated carbocycles. The van der Waals surface area contributed by atoms with Gasteiger partial charge in [-0.3, -0.25) is 9.79 Å². The summed E-state index contributed by atoms with van der Waals surface area (Å²) in [5.41, 5.74) is 0. The van der Waals surface area contributed by atoms with Crippen LogP contribution in [0, 0.1) is 0 Å². The van der Waals surface area contributed by atoms with Crippen LogP contribution in [0.2, 0.25) is 0 Å². The van der Waals surface area contributed by atoms with Gasteiger partial charge in [0.05, 0.1) is 0 Å². The first-order valence-electron chi connectivity index (χ1n) is 5.74. The Hall–Kier alpha value is -0.710. The number of carbonyl (C=O) groups is 1. The van der Waals surface area contributed by atoms with Crippen LogP contribution < -0.4 is 5.32 Å². The van der Waals surface area contributed by atoms with Crippen molar-refractivity contribution < 1.29 is 4.79 Å². The van der Waals surface area contributed by atoms with Crippen LogP contribution in [0.25, 0.3) is 0 Å². The van der Waals surface area contributed by atoms with E-state index in [4.69, 9.17) is 0 Å². The summed E-state index contributed by atoms with van der Waals surface area (Å²) in [5, 5.41) is 4.79. The molecule has 16 heavy (non-hydrogen) atoms. The highest BCUT2D eigenvalue weighted by atomic mass is 32.2. The van der Waals surface area contributed by atoms with Crippen molar-refractivity contribution in [2.45, 2.75) is 38.5 Å². The second-order valence-electron chi connectivity index (χ2n) is 4.24. The van der Waals surface area contributed by atoms with E-state index >= 15 is 0 Å². The maximum Gasteiger partial charge on any atom is 0.244 e. The topological polar surface area (TPSA) is 44.7 Å². The first kappa shape index (κ1) is 13.4. The molecule has 1 aliphatic heterocycles. The number of hydrogen-bond donors (Lipinski definition) is 1. The molecule has 0 bridgehead atoms. The zero-order valence-electron chi connectivity index (χ0n) is 10.5. The molecule has 1 N–H and O–H groups in total. The quantitative estimate of drug-likeness (QED) is 0.813. The van der Waals surface area contributed by atoms with Gasteiger partial charge >= 0.3 is 0 Å². The summed E-state index contributed by atoms with van der Waals surface area (Å²) >= 11 is 1.72. The highest BCUT2D eigenvalue weighted by Crippen LogP contribution is 2.21. The number of amidine groups is 1. The van der Waals surface area contributed by atoms with E-state index in [1.165, 1.54) is 0 Å². The normalized spacial score (nSPS) is 27.6. The van der Waals surface area contributed by atoms with Crippen molar-refractivity contribution in [1.82, 2.24) is 10.2 Å². The highest BCUT2D eigenvalue weighted by Gasteiger charge is 2.19. The van der Waals surface area contributed by atoms with Gasteiger partial charge in [0.15, 0.2) is 5.17 Å². The molecule has 5 heteroatoms. The minimum absolute atomic E-state index is 0.0725. The average Bonchev–Trinajstić information content (AvgIpc) is 2.23. The molecule has 4 nitrogen and oxygen atoms in total. The van der Waals surface area contributed by atoms with Crippen LogP contribution >= 0.6 is 11.8 Å². The fraction of sp³-hybridized carbons (Fsp3) is 0.818. The Labute approximate surface area is 102 Å². The van der Waals surface area contributed by atoms with Gasteiger partial charge in [-0.2, -0.15) is 0 Å². The molecule has 1 fully saturated rings. The maximum absolute atomic E-state index is 11.6. The molecular formula is C11H21N3OS. The Morgan fingerprint density at radius 1 is 1.62 bits per heavy atom. The molecule has 0 aromatic heterocycles. The number of rotatable bonds is 3. The Bertz CT molecular complexity index is 268. The molecule has 92 valence electrons. The molecule has 0 spiro atoms. The van der Waals surface area contributed by atoms with E-state index < -0.39 is 0 Å². The van der Waals surface area contributed by atoms with Gasteiger partial charge < -0.3 is 10.2 Å². The summed E-state index contributed by atoms with van der Waals surface area (Å²) in [6.07, 6.45) is 1.15. The minimum atomic E-state index is 0.0725. The van der Waals surface area contributed by atoms with Gasteiger partial charge in [-0.05, 0) is 20.3 Å². The third-order valence-electron chi connectivity index (χ3n) is 2.63. The van der Waals surface area contributed by atoms with Crippen molar-refractivity contribution in [2.75, 3.05) is 20.1 Å². The fourth-order valence-electron chi connectivity index (χ4n) is 1.56. The molecule has 1 saturated heterocycles. The van der Waals surface area contributed by atoms with Gasteiger partial charge in [-0.15, -0.1) is 0 Å². The molecule has 2 atom stereocenters. The van der Waals surface area contributed by atoms with E-state index in [-0.39, 0.29) is 12.5 Å². The summed E-state index contributed by atoms with van der Waals surface area (Å²) in [7, 11) is 1.80. The number of carbonyl (C=O) groups excluding carboxylic acids is 1. The van der Waals surface area contributed by atoms with E-state index in [1.54, 1.807) is 23.7 Å². The summed E-state index contributed by atoms with van der Waals surface area (Å²) < 4.78 is 0. The van der Waals surface area contributed by atoms with Gasteiger partial charge in [-0.25, -0.2) is 0 Å². The predicted octanol–water partition coefficient (Wildman–Crippen LogP) is 1.32. The summed E-state index contributed by atoms with van der Waals surface area (Å²) in [4.78, 5) is 17.6. The number of aliphatic imine (C=N–C) groups is 1. The molecule has 2 unspecified atom stereocenters. The lowest BCUT2D eigenvalue weighted by molar-refractivity contribution is -0.128. The van der Waals surface area contributed by atoms with Crippen LogP contribution in [0.4, 0.5) is 0 Å². The summed E-state index contributed by atoms with van der Waals surface area (Å²) in [5.74, 6) is 0.0725. The SMILES string of the molecule is CCN(C)C(=O)CN=C1NC(C)CC(C)S1. The van der Waals surface area contributed by atoms with Gasteiger partial charge in [0.1, 0.15) is 6.54 Å². The van der Waals surface area contributed by atoms with Crippen LogP contribution in [0.1, 0.15) is 27.2 Å². The zero-order chi connectivity index (χ0) is 12.1. The lowest BCUT2D eigenvalue weighted by Crippen LogP contribution is -2.39. The molecule has 0 radical (unpaired) electrons. The monoisotopic (exact) mass is 243 g/mol. The molecular weight excluding hydrogens is 222 g/mol. The van der Waals surface area contributed by atoms with E-state index in [0.717, 1.165) is 18.1 Å². The van der Waals surface area contributed by atoms with Crippen molar-refractivity contribution in [2.24, 2.45) is 4.99 Å². The Kier molecular flexibility index (Phi) is 5.12. The van der Waals surface area contributed by atoms with Crippen molar-refractivity contribution >= 4 is 22.8 Å². The molecule has 1 amide bonds. The maximum atomic E-state index is 11.6. The Balaban J connectivity index is 2.47. The number of likely N-dealkylation sites (N-methyl/N-ethyl adjacent to an activating group) is 1. The second-order valence-corrected chi connectivity index (χ2v) is 5.67. The van der Waals surface area contributed by atoms with Crippen molar-refractivity contribution in [3.63, 3.8) is 0 Å². The Morgan fingerprint density at radius 2 is 2.31 bits per heavy atom. The lowest BCUT2D eigenvalue weighted by Gasteiger charge is -2.27. The number of nitrogens with zero attached hydrogens (tertiary/aromatic N) is 2.